The molecule has 0 saturated heterocycles. The van der Waals surface area contributed by atoms with E-state index in [1.54, 1.807) is 47.3 Å². The molecule has 2 aromatic heterocycles. The normalized spacial score (nSPS) is 10.3. The Labute approximate surface area is 113 Å². The van der Waals surface area contributed by atoms with Gasteiger partial charge in [-0.3, -0.25) is 15.1 Å². The summed E-state index contributed by atoms with van der Waals surface area (Å²) in [5, 5.41) is 20.6. The van der Waals surface area contributed by atoms with Crippen LogP contribution in [0.4, 0.5) is 5.69 Å². The van der Waals surface area contributed by atoms with Gasteiger partial charge in [-0.15, -0.1) is 0 Å². The zero-order valence-electron chi connectivity index (χ0n) is 10.2. The van der Waals surface area contributed by atoms with Gasteiger partial charge in [0.2, 0.25) is 0 Å². The molecule has 20 heavy (non-hydrogen) atoms. The van der Waals surface area contributed by atoms with Crippen molar-refractivity contribution < 1.29 is 4.92 Å². The monoisotopic (exact) mass is 264 g/mol. The van der Waals surface area contributed by atoms with E-state index >= 15 is 0 Å². The fourth-order valence-corrected chi connectivity index (χ4v) is 2.18. The van der Waals surface area contributed by atoms with Crippen LogP contribution in [0.1, 0.15) is 5.69 Å². The van der Waals surface area contributed by atoms with Gasteiger partial charge in [0.05, 0.1) is 16.0 Å². The van der Waals surface area contributed by atoms with Crippen molar-refractivity contribution in [3.8, 4) is 11.8 Å². The smallest absolute Gasteiger partial charge is 0.278 e. The van der Waals surface area contributed by atoms with E-state index in [2.05, 4.69) is 11.1 Å². The number of nitriles is 1. The predicted molar refractivity (Wildman–Crippen MR) is 72.4 cm³/mol. The van der Waals surface area contributed by atoms with Crippen LogP contribution in [0.2, 0.25) is 0 Å². The molecule has 0 unspecified atom stereocenters. The minimum Gasteiger partial charge on any atom is -0.306 e. The fraction of sp³-hybridized carbons (Fsp3) is 0. The lowest BCUT2D eigenvalue weighted by atomic mass is 10.1. The highest BCUT2D eigenvalue weighted by Gasteiger charge is 2.16. The summed E-state index contributed by atoms with van der Waals surface area (Å²) in [7, 11) is 0. The van der Waals surface area contributed by atoms with Crippen LogP contribution in [-0.2, 0) is 0 Å². The zero-order chi connectivity index (χ0) is 14.1. The number of hydrogen-bond acceptors (Lipinski definition) is 4. The highest BCUT2D eigenvalue weighted by atomic mass is 16.6. The molecule has 1 aromatic carbocycles. The second-order valence-electron chi connectivity index (χ2n) is 4.14. The molecule has 0 aliphatic rings. The van der Waals surface area contributed by atoms with E-state index in [0.29, 0.717) is 22.3 Å². The van der Waals surface area contributed by atoms with Crippen molar-refractivity contribution in [3.63, 3.8) is 0 Å². The number of aromatic nitrogens is 2. The van der Waals surface area contributed by atoms with Crippen LogP contribution in [0, 0.1) is 21.4 Å². The van der Waals surface area contributed by atoms with Crippen molar-refractivity contribution >= 4 is 16.6 Å². The Morgan fingerprint density at radius 1 is 1.25 bits per heavy atom. The summed E-state index contributed by atoms with van der Waals surface area (Å²) in [5.41, 5.74) is 1.59. The van der Waals surface area contributed by atoms with Gasteiger partial charge < -0.3 is 4.57 Å². The first-order valence-corrected chi connectivity index (χ1v) is 5.82. The maximum Gasteiger partial charge on any atom is 0.278 e. The van der Waals surface area contributed by atoms with Crippen LogP contribution in [0.5, 0.6) is 0 Å². The molecule has 2 heterocycles. The zero-order valence-corrected chi connectivity index (χ0v) is 10.2. The van der Waals surface area contributed by atoms with Gasteiger partial charge in [0.15, 0.2) is 0 Å². The number of pyridine rings is 1. The van der Waals surface area contributed by atoms with E-state index in [0.717, 1.165) is 0 Å². The Bertz CT molecular complexity index is 861. The number of hydrogen-bond donors (Lipinski definition) is 0. The minimum absolute atomic E-state index is 0.00233. The molecular weight excluding hydrogens is 256 g/mol. The van der Waals surface area contributed by atoms with Gasteiger partial charge in [0.25, 0.3) is 5.69 Å². The van der Waals surface area contributed by atoms with Crippen LogP contribution < -0.4 is 0 Å². The number of non-ortho nitro benzene ring substituents is 1. The molecule has 96 valence electrons. The molecule has 6 heteroatoms. The van der Waals surface area contributed by atoms with Gasteiger partial charge in [-0.25, -0.2) is 0 Å². The second kappa shape index (κ2) is 4.48. The predicted octanol–water partition coefficient (Wildman–Crippen LogP) is 2.81. The van der Waals surface area contributed by atoms with Gasteiger partial charge in [-0.05, 0) is 30.3 Å². The Morgan fingerprint density at radius 2 is 2.10 bits per heavy atom. The number of nitro benzene ring substituents is 1. The number of rotatable bonds is 2. The molecule has 3 aromatic rings. The maximum atomic E-state index is 11.1. The first kappa shape index (κ1) is 11.9. The molecule has 0 amide bonds. The summed E-state index contributed by atoms with van der Waals surface area (Å²) in [6, 6.07) is 11.8. The molecule has 0 atom stereocenters. The van der Waals surface area contributed by atoms with Crippen LogP contribution in [-0.4, -0.2) is 14.5 Å². The summed E-state index contributed by atoms with van der Waals surface area (Å²) in [5.74, 6) is 0. The average Bonchev–Trinajstić information content (AvgIpc) is 2.94. The average molecular weight is 264 g/mol. The van der Waals surface area contributed by atoms with Crippen LogP contribution in [0.15, 0.2) is 48.8 Å². The Balaban J connectivity index is 2.37. The molecule has 0 aliphatic heterocycles. The quantitative estimate of drug-likeness (QED) is 0.526. The molecule has 0 saturated carbocycles. The number of nitrogens with zero attached hydrogens (tertiary/aromatic N) is 4. The molecule has 0 N–H and O–H groups in total. The summed E-state index contributed by atoms with van der Waals surface area (Å²) in [6.07, 6.45) is 3.30. The first-order valence-electron chi connectivity index (χ1n) is 5.82. The van der Waals surface area contributed by atoms with Crippen LogP contribution in [0.3, 0.4) is 0 Å². The first-order chi connectivity index (χ1) is 9.72. The minimum atomic E-state index is -0.436. The number of benzene rings is 1. The van der Waals surface area contributed by atoms with Crippen molar-refractivity contribution in [3.05, 3.63) is 64.6 Å². The molecule has 0 radical (unpaired) electrons. The molecular formula is C14H8N4O2. The summed E-state index contributed by atoms with van der Waals surface area (Å²) in [6.45, 7) is 0. The van der Waals surface area contributed by atoms with E-state index in [9.17, 15) is 10.1 Å². The molecule has 6 nitrogen and oxygen atoms in total. The highest BCUT2D eigenvalue weighted by molar-refractivity contribution is 5.93. The molecule has 0 aliphatic carbocycles. The van der Waals surface area contributed by atoms with Crippen LogP contribution in [0.25, 0.3) is 16.6 Å². The maximum absolute atomic E-state index is 11.1. The van der Waals surface area contributed by atoms with E-state index < -0.39 is 4.92 Å². The third-order valence-electron chi connectivity index (χ3n) is 3.04. The third-order valence-corrected chi connectivity index (χ3v) is 3.04. The highest BCUT2D eigenvalue weighted by Crippen LogP contribution is 2.29. The lowest BCUT2D eigenvalue weighted by molar-refractivity contribution is -0.383. The second-order valence-corrected chi connectivity index (χ2v) is 4.14. The van der Waals surface area contributed by atoms with Crippen molar-refractivity contribution in [2.45, 2.75) is 0 Å². The van der Waals surface area contributed by atoms with Gasteiger partial charge in [0.1, 0.15) is 17.3 Å². The lowest BCUT2D eigenvalue weighted by Gasteiger charge is -2.08. The Kier molecular flexibility index (Phi) is 2.66. The van der Waals surface area contributed by atoms with E-state index in [4.69, 9.17) is 5.26 Å². The van der Waals surface area contributed by atoms with Gasteiger partial charge >= 0.3 is 0 Å². The van der Waals surface area contributed by atoms with Crippen molar-refractivity contribution in [2.24, 2.45) is 0 Å². The van der Waals surface area contributed by atoms with E-state index in [-0.39, 0.29) is 5.69 Å². The van der Waals surface area contributed by atoms with Crippen molar-refractivity contribution in [1.29, 1.82) is 5.26 Å². The fourth-order valence-electron chi connectivity index (χ4n) is 2.18. The van der Waals surface area contributed by atoms with E-state index in [1.807, 2.05) is 0 Å². The standard InChI is InChI=1S/C14H8N4O2/c15-9-10-3-2-8-17(10)13-6-5-12(18(19)20)11-4-1-7-16-14(11)13/h1-8H. The van der Waals surface area contributed by atoms with Gasteiger partial charge in [0, 0.05) is 18.5 Å². The van der Waals surface area contributed by atoms with Gasteiger partial charge in [-0.2, -0.15) is 5.26 Å². The molecule has 0 fully saturated rings. The van der Waals surface area contributed by atoms with Crippen molar-refractivity contribution in [2.75, 3.05) is 0 Å². The summed E-state index contributed by atoms with van der Waals surface area (Å²) in [4.78, 5) is 14.8. The van der Waals surface area contributed by atoms with Crippen LogP contribution >= 0.6 is 0 Å². The number of nitro groups is 1. The van der Waals surface area contributed by atoms with Crippen molar-refractivity contribution in [1.82, 2.24) is 9.55 Å². The third kappa shape index (κ3) is 1.69. The molecule has 0 bridgehead atoms. The number of fused-ring (bicyclic) bond motifs is 1. The SMILES string of the molecule is N#Cc1cccn1-c1ccc([N+](=O)[O-])c2cccnc12. The lowest BCUT2D eigenvalue weighted by Crippen LogP contribution is -1.99. The molecule has 3 rings (SSSR count). The summed E-state index contributed by atoms with van der Waals surface area (Å²) < 4.78 is 1.67. The molecule has 0 spiro atoms. The van der Waals surface area contributed by atoms with E-state index in [1.165, 1.54) is 6.07 Å². The Morgan fingerprint density at radius 3 is 2.85 bits per heavy atom. The topological polar surface area (TPSA) is 84.8 Å². The Hall–Kier alpha value is -3.20. The largest absolute Gasteiger partial charge is 0.306 e. The summed E-state index contributed by atoms with van der Waals surface area (Å²) >= 11 is 0. The van der Waals surface area contributed by atoms with Gasteiger partial charge in [-0.1, -0.05) is 0 Å².